The molecule has 0 saturated carbocycles. The molecule has 1 heterocycles. The maximum atomic E-state index is 12.8. The molecule has 0 aliphatic heterocycles. The van der Waals surface area contributed by atoms with Crippen molar-refractivity contribution in [3.05, 3.63) is 89.2 Å². The average molecular weight is 458 g/mol. The van der Waals surface area contributed by atoms with Crippen LogP contribution in [0.4, 0.5) is 0 Å². The van der Waals surface area contributed by atoms with Crippen LogP contribution in [-0.4, -0.2) is 29.2 Å². The fourth-order valence-electron chi connectivity index (χ4n) is 3.96. The molecule has 6 nitrogen and oxygen atoms in total. The lowest BCUT2D eigenvalue weighted by Gasteiger charge is -2.12. The summed E-state index contributed by atoms with van der Waals surface area (Å²) >= 11 is 0. The predicted molar refractivity (Wildman–Crippen MR) is 135 cm³/mol. The molecule has 0 spiro atoms. The third-order valence-electron chi connectivity index (χ3n) is 6.02. The van der Waals surface area contributed by atoms with E-state index >= 15 is 0 Å². The first-order valence-electron chi connectivity index (χ1n) is 11.6. The molecule has 6 heteroatoms. The van der Waals surface area contributed by atoms with E-state index in [9.17, 15) is 4.79 Å². The van der Waals surface area contributed by atoms with E-state index in [2.05, 4.69) is 41.9 Å². The Labute approximate surface area is 200 Å². The largest absolute Gasteiger partial charge is 0.496 e. The van der Waals surface area contributed by atoms with Crippen LogP contribution in [-0.2, 0) is 13.1 Å². The second kappa shape index (κ2) is 10.9. The fourth-order valence-corrected chi connectivity index (χ4v) is 3.96. The highest BCUT2D eigenvalue weighted by atomic mass is 16.5. The molecule has 34 heavy (non-hydrogen) atoms. The Hall–Kier alpha value is -3.80. The first-order chi connectivity index (χ1) is 16.6. The number of carbonyl (C=O) groups is 1. The lowest BCUT2D eigenvalue weighted by atomic mass is 10.1. The minimum Gasteiger partial charge on any atom is -0.496 e. The van der Waals surface area contributed by atoms with E-state index in [0.717, 1.165) is 42.0 Å². The van der Waals surface area contributed by atoms with Gasteiger partial charge in [-0.05, 0) is 74.2 Å². The number of benzene rings is 3. The van der Waals surface area contributed by atoms with E-state index in [0.29, 0.717) is 24.5 Å². The van der Waals surface area contributed by atoms with Crippen LogP contribution in [0.3, 0.4) is 0 Å². The lowest BCUT2D eigenvalue weighted by molar-refractivity contribution is 0.0946. The zero-order valence-electron chi connectivity index (χ0n) is 20.0. The van der Waals surface area contributed by atoms with Crippen molar-refractivity contribution in [3.63, 3.8) is 0 Å². The first kappa shape index (κ1) is 23.4. The maximum Gasteiger partial charge on any atom is 0.255 e. The molecule has 3 aromatic carbocycles. The topological polar surface area (TPSA) is 65.4 Å². The highest BCUT2D eigenvalue weighted by Gasteiger charge is 2.14. The minimum absolute atomic E-state index is 0.183. The smallest absolute Gasteiger partial charge is 0.255 e. The van der Waals surface area contributed by atoms with Gasteiger partial charge in [-0.1, -0.05) is 30.3 Å². The standard InChI is InChI=1S/C28H31N3O3/c1-20-14-15-22(18-21(20)2)34-17-9-8-16-31-25-12-6-5-11-24(25)30-27(31)19-29-28(32)23-10-4-7-13-26(23)33-3/h4-7,10-15,18H,8-9,16-17,19H2,1-3H3,(H,29,32). The molecular formula is C28H31N3O3. The molecule has 0 radical (unpaired) electrons. The first-order valence-corrected chi connectivity index (χ1v) is 11.6. The van der Waals surface area contributed by atoms with Gasteiger partial charge >= 0.3 is 0 Å². The molecule has 0 saturated heterocycles. The zero-order chi connectivity index (χ0) is 23.9. The summed E-state index contributed by atoms with van der Waals surface area (Å²) in [5.74, 6) is 2.12. The van der Waals surface area contributed by atoms with Crippen LogP contribution in [0, 0.1) is 13.8 Å². The van der Waals surface area contributed by atoms with E-state index in [-0.39, 0.29) is 5.91 Å². The number of nitrogens with zero attached hydrogens (tertiary/aromatic N) is 2. The number of ether oxygens (including phenoxy) is 2. The summed E-state index contributed by atoms with van der Waals surface area (Å²) < 4.78 is 13.4. The minimum atomic E-state index is -0.183. The van der Waals surface area contributed by atoms with Crippen molar-refractivity contribution >= 4 is 16.9 Å². The second-order valence-electron chi connectivity index (χ2n) is 8.35. The van der Waals surface area contributed by atoms with E-state index < -0.39 is 0 Å². The molecule has 1 N–H and O–H groups in total. The molecular weight excluding hydrogens is 426 g/mol. The number of para-hydroxylation sites is 3. The number of hydrogen-bond donors (Lipinski definition) is 1. The van der Waals surface area contributed by atoms with E-state index in [1.54, 1.807) is 19.2 Å². The van der Waals surface area contributed by atoms with Gasteiger partial charge in [-0.15, -0.1) is 0 Å². The molecule has 1 aromatic heterocycles. The highest BCUT2D eigenvalue weighted by Crippen LogP contribution is 2.20. The van der Waals surface area contributed by atoms with Gasteiger partial charge in [0.1, 0.15) is 17.3 Å². The highest BCUT2D eigenvalue weighted by molar-refractivity contribution is 5.96. The number of aryl methyl sites for hydroxylation is 3. The summed E-state index contributed by atoms with van der Waals surface area (Å²) in [6, 6.07) is 21.5. The number of methoxy groups -OCH3 is 1. The van der Waals surface area contributed by atoms with Crippen molar-refractivity contribution in [2.75, 3.05) is 13.7 Å². The van der Waals surface area contributed by atoms with Crippen molar-refractivity contribution in [2.45, 2.75) is 39.8 Å². The van der Waals surface area contributed by atoms with Crippen molar-refractivity contribution in [3.8, 4) is 11.5 Å². The Balaban J connectivity index is 1.39. The molecule has 0 bridgehead atoms. The Morgan fingerprint density at radius 3 is 2.59 bits per heavy atom. The summed E-state index contributed by atoms with van der Waals surface area (Å²) in [5, 5.41) is 3.00. The molecule has 0 aliphatic carbocycles. The van der Waals surface area contributed by atoms with Crippen LogP contribution in [0.15, 0.2) is 66.7 Å². The monoisotopic (exact) mass is 457 g/mol. The molecule has 0 fully saturated rings. The van der Waals surface area contributed by atoms with Crippen molar-refractivity contribution in [2.24, 2.45) is 0 Å². The molecule has 176 valence electrons. The van der Waals surface area contributed by atoms with E-state index in [4.69, 9.17) is 14.5 Å². The summed E-state index contributed by atoms with van der Waals surface area (Å²) in [7, 11) is 1.56. The van der Waals surface area contributed by atoms with Gasteiger partial charge in [0.15, 0.2) is 0 Å². The number of fused-ring (bicyclic) bond motifs is 1. The van der Waals surface area contributed by atoms with E-state index in [1.165, 1.54) is 11.1 Å². The Bertz CT molecular complexity index is 1280. The summed E-state index contributed by atoms with van der Waals surface area (Å²) in [4.78, 5) is 17.5. The number of aromatic nitrogens is 2. The van der Waals surface area contributed by atoms with Crippen molar-refractivity contribution in [1.82, 2.24) is 14.9 Å². The average Bonchev–Trinajstić information content (AvgIpc) is 3.21. The van der Waals surface area contributed by atoms with Crippen LogP contribution in [0.1, 0.15) is 40.2 Å². The third kappa shape index (κ3) is 5.39. The van der Waals surface area contributed by atoms with Crippen molar-refractivity contribution < 1.29 is 14.3 Å². The van der Waals surface area contributed by atoms with Gasteiger partial charge in [-0.3, -0.25) is 4.79 Å². The number of rotatable bonds is 10. The zero-order valence-corrected chi connectivity index (χ0v) is 20.0. The molecule has 0 aliphatic rings. The molecule has 1 amide bonds. The van der Waals surface area contributed by atoms with Gasteiger partial charge in [-0.25, -0.2) is 4.98 Å². The second-order valence-corrected chi connectivity index (χ2v) is 8.35. The van der Waals surface area contributed by atoms with Crippen LogP contribution in [0.5, 0.6) is 11.5 Å². The number of unbranched alkanes of at least 4 members (excludes halogenated alkanes) is 1. The molecule has 4 aromatic rings. The van der Waals surface area contributed by atoms with Crippen LogP contribution < -0.4 is 14.8 Å². The fraction of sp³-hybridized carbons (Fsp3) is 0.286. The third-order valence-corrected chi connectivity index (χ3v) is 6.02. The number of imidazole rings is 1. The van der Waals surface area contributed by atoms with Gasteiger partial charge in [0.05, 0.1) is 36.9 Å². The Morgan fingerprint density at radius 1 is 0.971 bits per heavy atom. The van der Waals surface area contributed by atoms with Crippen molar-refractivity contribution in [1.29, 1.82) is 0 Å². The normalized spacial score (nSPS) is 10.9. The molecule has 0 atom stereocenters. The quantitative estimate of drug-likeness (QED) is 0.322. The summed E-state index contributed by atoms with van der Waals surface area (Å²) in [5.41, 5.74) is 5.01. The van der Waals surface area contributed by atoms with Crippen LogP contribution >= 0.6 is 0 Å². The van der Waals surface area contributed by atoms with E-state index in [1.807, 2.05) is 36.4 Å². The van der Waals surface area contributed by atoms with Gasteiger partial charge in [0.2, 0.25) is 0 Å². The van der Waals surface area contributed by atoms with Crippen LogP contribution in [0.2, 0.25) is 0 Å². The predicted octanol–water partition coefficient (Wildman–Crippen LogP) is 5.45. The maximum absolute atomic E-state index is 12.8. The molecule has 4 rings (SSSR count). The SMILES string of the molecule is COc1ccccc1C(=O)NCc1nc2ccccc2n1CCCCOc1ccc(C)c(C)c1. The number of amides is 1. The van der Waals surface area contributed by atoms with Gasteiger partial charge in [-0.2, -0.15) is 0 Å². The number of nitrogens with one attached hydrogen (secondary N) is 1. The summed E-state index contributed by atoms with van der Waals surface area (Å²) in [6.45, 7) is 6.00. The molecule has 0 unspecified atom stereocenters. The van der Waals surface area contributed by atoms with Gasteiger partial charge in [0, 0.05) is 6.54 Å². The number of hydrogen-bond acceptors (Lipinski definition) is 4. The van der Waals surface area contributed by atoms with Gasteiger partial charge in [0.25, 0.3) is 5.91 Å². The number of carbonyl (C=O) groups excluding carboxylic acids is 1. The van der Waals surface area contributed by atoms with Gasteiger partial charge < -0.3 is 19.4 Å². The van der Waals surface area contributed by atoms with Crippen LogP contribution in [0.25, 0.3) is 11.0 Å². The summed E-state index contributed by atoms with van der Waals surface area (Å²) in [6.07, 6.45) is 1.87. The Kier molecular flexibility index (Phi) is 7.48. The lowest BCUT2D eigenvalue weighted by Crippen LogP contribution is -2.25. The Morgan fingerprint density at radius 2 is 1.76 bits per heavy atom.